The zero-order valence-corrected chi connectivity index (χ0v) is 21.6. The van der Waals surface area contributed by atoms with Crippen LogP contribution in [0.2, 0.25) is 0 Å². The Labute approximate surface area is 225 Å². The molecule has 2 heterocycles. The monoisotopic (exact) mass is 583 g/mol. The Balaban J connectivity index is 1.59. The summed E-state index contributed by atoms with van der Waals surface area (Å²) in [5.74, 6) is -1.87. The Hall–Kier alpha value is -3.78. The Morgan fingerprint density at radius 2 is 1.82 bits per heavy atom. The molecule has 1 aliphatic carbocycles. The molecule has 1 aliphatic heterocycles. The van der Waals surface area contributed by atoms with E-state index >= 15 is 0 Å². The molecule has 212 valence electrons. The molecule has 1 aromatic heterocycles. The normalized spacial score (nSPS) is 19.7. The van der Waals surface area contributed by atoms with Gasteiger partial charge in [-0.15, -0.1) is 0 Å². The second kappa shape index (κ2) is 10.0. The van der Waals surface area contributed by atoms with Crippen LogP contribution >= 0.6 is 0 Å². The average Bonchev–Trinajstić information content (AvgIpc) is 3.38. The Morgan fingerprint density at radius 3 is 2.38 bits per heavy atom. The lowest BCUT2D eigenvalue weighted by molar-refractivity contribution is -0.138. The number of hydrogen-bond donors (Lipinski definition) is 1. The van der Waals surface area contributed by atoms with E-state index in [4.69, 9.17) is 0 Å². The molecule has 0 spiro atoms. The third-order valence-corrected chi connectivity index (χ3v) is 8.80. The highest BCUT2D eigenvalue weighted by Gasteiger charge is 2.42. The Bertz CT molecular complexity index is 1650. The summed E-state index contributed by atoms with van der Waals surface area (Å²) in [6, 6.07) is 5.82. The largest absolute Gasteiger partial charge is 0.481 e. The number of allylic oxidation sites excluding steroid dienone is 4. The minimum absolute atomic E-state index is 0.00516. The van der Waals surface area contributed by atoms with Gasteiger partial charge in [0.25, 0.3) is 0 Å². The lowest BCUT2D eigenvalue weighted by Crippen LogP contribution is -2.29. The summed E-state index contributed by atoms with van der Waals surface area (Å²) < 4.78 is 101. The lowest BCUT2D eigenvalue weighted by atomic mass is 9.91. The van der Waals surface area contributed by atoms with Crippen molar-refractivity contribution < 1.29 is 45.0 Å². The lowest BCUT2D eigenvalue weighted by Gasteiger charge is -2.22. The fourth-order valence-electron chi connectivity index (χ4n) is 5.06. The predicted octanol–water partition coefficient (Wildman–Crippen LogP) is 5.12. The van der Waals surface area contributed by atoms with Crippen molar-refractivity contribution in [1.82, 2.24) is 14.1 Å². The molecule has 2 atom stereocenters. The van der Waals surface area contributed by atoms with E-state index in [-0.39, 0.29) is 45.9 Å². The van der Waals surface area contributed by atoms with Crippen LogP contribution in [0.3, 0.4) is 0 Å². The maximum absolute atomic E-state index is 14.1. The van der Waals surface area contributed by atoms with Crippen LogP contribution in [0.25, 0.3) is 16.5 Å². The maximum atomic E-state index is 14.1. The van der Waals surface area contributed by atoms with E-state index in [1.54, 1.807) is 13.0 Å². The molecule has 0 unspecified atom stereocenters. The van der Waals surface area contributed by atoms with Crippen molar-refractivity contribution in [3.8, 4) is 5.75 Å². The van der Waals surface area contributed by atoms with Crippen molar-refractivity contribution in [3.63, 3.8) is 0 Å². The van der Waals surface area contributed by atoms with Gasteiger partial charge in [0.05, 0.1) is 34.1 Å². The van der Waals surface area contributed by atoms with Gasteiger partial charge in [-0.25, -0.2) is 8.42 Å². The van der Waals surface area contributed by atoms with Gasteiger partial charge in [-0.2, -0.15) is 31.4 Å². The van der Waals surface area contributed by atoms with E-state index in [0.717, 1.165) is 34.6 Å². The molecule has 1 saturated heterocycles. The van der Waals surface area contributed by atoms with Crippen LogP contribution in [0.4, 0.5) is 22.0 Å². The Morgan fingerprint density at radius 1 is 1.15 bits per heavy atom. The molecule has 0 bridgehead atoms. The summed E-state index contributed by atoms with van der Waals surface area (Å²) in [7, 11) is -4.12. The van der Waals surface area contributed by atoms with Crippen LogP contribution in [0.1, 0.15) is 29.8 Å². The SMILES string of the molecule is C[C@@H]1CN(S(=O)(=O)c2ccc(OC(F)F)cc2)C[C@@H]1n1nc(CC(=O)O)c2ccc(C(F)(F)F)c(C3=CC=C3)c21. The van der Waals surface area contributed by atoms with Gasteiger partial charge in [0.2, 0.25) is 10.0 Å². The first-order chi connectivity index (χ1) is 18.8. The number of benzene rings is 2. The predicted molar refractivity (Wildman–Crippen MR) is 133 cm³/mol. The molecule has 40 heavy (non-hydrogen) atoms. The highest BCUT2D eigenvalue weighted by molar-refractivity contribution is 7.89. The number of aromatic nitrogens is 2. The van der Waals surface area contributed by atoms with Crippen LogP contribution in [-0.2, 0) is 27.4 Å². The summed E-state index contributed by atoms with van der Waals surface area (Å²) in [6.07, 6.45) is -0.660. The molecule has 2 aromatic carbocycles. The molecule has 1 N–H and O–H groups in total. The number of carboxylic acid groups (broad SMARTS) is 1. The summed E-state index contributed by atoms with van der Waals surface area (Å²) in [5.41, 5.74) is -0.641. The van der Waals surface area contributed by atoms with Gasteiger partial charge >= 0.3 is 18.8 Å². The van der Waals surface area contributed by atoms with Crippen LogP contribution < -0.4 is 4.74 Å². The fourth-order valence-corrected chi connectivity index (χ4v) is 6.62. The number of nitrogens with zero attached hydrogens (tertiary/aromatic N) is 3. The average molecular weight is 584 g/mol. The standard InChI is InChI=1S/C26H22F5N3O5S/c1-14-12-33(40(37,38)17-7-5-16(6-8-17)39-25(27)28)13-21(14)34-24-18(20(32-34)11-22(35)36)9-10-19(26(29,30)31)23(24)15-3-2-4-15/h2-10,14,21,25H,11-13H2,1H3,(H,35,36)/t14-,21+/m1/s1. The molecule has 5 rings (SSSR count). The van der Waals surface area contributed by atoms with Gasteiger partial charge in [0, 0.05) is 24.0 Å². The molecule has 0 amide bonds. The number of alkyl halides is 5. The number of aliphatic carboxylic acids is 1. The third kappa shape index (κ3) is 4.96. The zero-order chi connectivity index (χ0) is 29.0. The minimum Gasteiger partial charge on any atom is -0.481 e. The minimum atomic E-state index is -4.72. The van der Waals surface area contributed by atoms with Gasteiger partial charge in [-0.3, -0.25) is 9.48 Å². The quantitative estimate of drug-likeness (QED) is 0.370. The number of fused-ring (bicyclic) bond motifs is 1. The topological polar surface area (TPSA) is 102 Å². The number of sulfonamides is 1. The van der Waals surface area contributed by atoms with E-state index in [2.05, 4.69) is 9.84 Å². The van der Waals surface area contributed by atoms with Crippen LogP contribution in [0.5, 0.6) is 5.75 Å². The first kappa shape index (κ1) is 27.8. The van der Waals surface area contributed by atoms with Crippen molar-refractivity contribution in [2.75, 3.05) is 13.1 Å². The second-order valence-corrected chi connectivity index (χ2v) is 11.5. The summed E-state index contributed by atoms with van der Waals surface area (Å²) >= 11 is 0. The summed E-state index contributed by atoms with van der Waals surface area (Å²) in [6.45, 7) is -1.52. The van der Waals surface area contributed by atoms with Crippen LogP contribution in [0, 0.1) is 5.92 Å². The van der Waals surface area contributed by atoms with E-state index in [1.165, 1.54) is 22.9 Å². The summed E-state index contributed by atoms with van der Waals surface area (Å²) in [5, 5.41) is 14.1. The zero-order valence-electron chi connectivity index (χ0n) is 20.8. The molecular weight excluding hydrogens is 561 g/mol. The van der Waals surface area contributed by atoms with Crippen molar-refractivity contribution in [1.29, 1.82) is 0 Å². The summed E-state index contributed by atoms with van der Waals surface area (Å²) in [4.78, 5) is 11.4. The first-order valence-electron chi connectivity index (χ1n) is 12.0. The fraction of sp³-hybridized carbons (Fsp3) is 0.308. The molecule has 14 heteroatoms. The van der Waals surface area contributed by atoms with Gasteiger partial charge in [-0.05, 0) is 41.8 Å². The van der Waals surface area contributed by atoms with Crippen LogP contribution in [0.15, 0.2) is 59.5 Å². The number of halogens is 5. The highest BCUT2D eigenvalue weighted by atomic mass is 32.2. The van der Waals surface area contributed by atoms with E-state index in [9.17, 15) is 40.3 Å². The van der Waals surface area contributed by atoms with E-state index in [0.29, 0.717) is 5.57 Å². The number of carbonyl (C=O) groups is 1. The van der Waals surface area contributed by atoms with E-state index in [1.807, 2.05) is 0 Å². The second-order valence-electron chi connectivity index (χ2n) is 9.54. The molecule has 8 nitrogen and oxygen atoms in total. The molecule has 3 aromatic rings. The molecule has 0 radical (unpaired) electrons. The van der Waals surface area contributed by atoms with Crippen LogP contribution in [-0.4, -0.2) is 53.3 Å². The van der Waals surface area contributed by atoms with E-state index < -0.39 is 52.7 Å². The number of rotatable bonds is 8. The van der Waals surface area contributed by atoms with Crippen molar-refractivity contribution in [2.45, 2.75) is 37.1 Å². The maximum Gasteiger partial charge on any atom is 0.417 e. The van der Waals surface area contributed by atoms with Crippen molar-refractivity contribution in [3.05, 3.63) is 71.4 Å². The molecule has 0 saturated carbocycles. The number of carboxylic acids is 1. The molecule has 2 aliphatic rings. The number of hydrogen-bond acceptors (Lipinski definition) is 5. The van der Waals surface area contributed by atoms with Gasteiger partial charge in [0.15, 0.2) is 0 Å². The first-order valence-corrected chi connectivity index (χ1v) is 13.5. The molecular formula is C26H22F5N3O5S. The molecule has 1 fully saturated rings. The van der Waals surface area contributed by atoms with Gasteiger partial charge in [-0.1, -0.05) is 31.2 Å². The van der Waals surface area contributed by atoms with Crippen molar-refractivity contribution >= 4 is 32.5 Å². The highest BCUT2D eigenvalue weighted by Crippen LogP contribution is 2.44. The van der Waals surface area contributed by atoms with Crippen molar-refractivity contribution in [2.24, 2.45) is 5.92 Å². The van der Waals surface area contributed by atoms with Gasteiger partial charge < -0.3 is 9.84 Å². The van der Waals surface area contributed by atoms with Gasteiger partial charge in [0.1, 0.15) is 5.75 Å². The third-order valence-electron chi connectivity index (χ3n) is 6.95. The Kier molecular flexibility index (Phi) is 6.94. The smallest absolute Gasteiger partial charge is 0.417 e. The number of ether oxygens (including phenoxy) is 1.